The highest BCUT2D eigenvalue weighted by atomic mass is 16.8. The van der Waals surface area contributed by atoms with E-state index in [1.54, 1.807) is 0 Å². The van der Waals surface area contributed by atoms with Crippen LogP contribution in [-0.4, -0.2) is 54.4 Å². The van der Waals surface area contributed by atoms with Crippen LogP contribution in [0.1, 0.15) is 13.8 Å². The third kappa shape index (κ3) is 2.41. The molecule has 2 saturated heterocycles. The SMILES string of the molecule is CC(=O)O[C@@H]1[C@@H]2OC[C@@H](O2)[C@@H](OC(C)=O)[C@@H]1O. The number of carbonyl (C=O) groups is 2. The maximum atomic E-state index is 10.9. The fraction of sp³-hybridized carbons (Fsp3) is 0.800. The molecule has 0 aliphatic carbocycles. The van der Waals surface area contributed by atoms with Gasteiger partial charge in [0.25, 0.3) is 0 Å². The molecule has 0 unspecified atom stereocenters. The number of fused-ring (bicyclic) bond motifs is 2. The fourth-order valence-electron chi connectivity index (χ4n) is 2.01. The predicted octanol–water partition coefficient (Wildman–Crippen LogP) is -1.03. The summed E-state index contributed by atoms with van der Waals surface area (Å²) in [4.78, 5) is 21.8. The summed E-state index contributed by atoms with van der Waals surface area (Å²) in [6.45, 7) is 2.64. The molecule has 2 bridgehead atoms. The third-order valence-electron chi connectivity index (χ3n) is 2.65. The molecule has 0 aromatic carbocycles. The second kappa shape index (κ2) is 4.59. The Morgan fingerprint density at radius 1 is 1.18 bits per heavy atom. The molecule has 0 radical (unpaired) electrons. The van der Waals surface area contributed by atoms with Crippen molar-refractivity contribution >= 4 is 11.9 Å². The molecule has 96 valence electrons. The zero-order valence-corrected chi connectivity index (χ0v) is 9.49. The van der Waals surface area contributed by atoms with Crippen LogP contribution in [0.5, 0.6) is 0 Å². The van der Waals surface area contributed by atoms with Crippen molar-refractivity contribution in [2.45, 2.75) is 44.6 Å². The first-order valence-electron chi connectivity index (χ1n) is 5.28. The average Bonchev–Trinajstić information content (AvgIpc) is 2.65. The van der Waals surface area contributed by atoms with Crippen LogP contribution < -0.4 is 0 Å². The quantitative estimate of drug-likeness (QED) is 0.622. The zero-order chi connectivity index (χ0) is 12.6. The maximum Gasteiger partial charge on any atom is 0.303 e. The van der Waals surface area contributed by atoms with Crippen molar-refractivity contribution in [3.8, 4) is 0 Å². The molecule has 1 N–H and O–H groups in total. The minimum absolute atomic E-state index is 0.192. The molecule has 0 aromatic rings. The molecule has 17 heavy (non-hydrogen) atoms. The van der Waals surface area contributed by atoms with E-state index in [0.29, 0.717) is 0 Å². The summed E-state index contributed by atoms with van der Waals surface area (Å²) < 4.78 is 20.5. The van der Waals surface area contributed by atoms with E-state index >= 15 is 0 Å². The fourth-order valence-corrected chi connectivity index (χ4v) is 2.01. The Labute approximate surface area is 97.6 Å². The van der Waals surface area contributed by atoms with Gasteiger partial charge in [-0.2, -0.15) is 0 Å². The zero-order valence-electron chi connectivity index (χ0n) is 9.49. The molecule has 2 fully saturated rings. The molecule has 7 nitrogen and oxygen atoms in total. The number of hydrogen-bond acceptors (Lipinski definition) is 7. The second-order valence-electron chi connectivity index (χ2n) is 4.01. The van der Waals surface area contributed by atoms with Gasteiger partial charge in [0.1, 0.15) is 12.2 Å². The molecular weight excluding hydrogens is 232 g/mol. The number of carbonyl (C=O) groups excluding carboxylic acids is 2. The van der Waals surface area contributed by atoms with Crippen molar-refractivity contribution in [1.82, 2.24) is 0 Å². The van der Waals surface area contributed by atoms with E-state index in [0.717, 1.165) is 0 Å². The van der Waals surface area contributed by atoms with Crippen molar-refractivity contribution in [1.29, 1.82) is 0 Å². The number of rotatable bonds is 2. The maximum absolute atomic E-state index is 10.9. The Bertz CT molecular complexity index is 299. The predicted molar refractivity (Wildman–Crippen MR) is 51.7 cm³/mol. The Hall–Kier alpha value is -1.18. The first-order chi connectivity index (χ1) is 7.99. The third-order valence-corrected chi connectivity index (χ3v) is 2.65. The standard InChI is InChI=1S/C10H14O7/c1-4(11)15-8-6-3-14-10(17-6)9(7(8)13)16-5(2)12/h6-10,13H,3H2,1-2H3/t6-,7+,8-,9+,10-/m1/s1. The van der Waals surface area contributed by atoms with Crippen molar-refractivity contribution < 1.29 is 33.6 Å². The topological polar surface area (TPSA) is 91.3 Å². The summed E-state index contributed by atoms with van der Waals surface area (Å²) in [5.74, 6) is -1.10. The van der Waals surface area contributed by atoms with Crippen LogP contribution in [0.2, 0.25) is 0 Å². The minimum Gasteiger partial charge on any atom is -0.457 e. The van der Waals surface area contributed by atoms with Gasteiger partial charge in [-0.1, -0.05) is 0 Å². The van der Waals surface area contributed by atoms with Crippen LogP contribution in [0.25, 0.3) is 0 Å². The molecule has 0 amide bonds. The van der Waals surface area contributed by atoms with Crippen LogP contribution in [0.15, 0.2) is 0 Å². The van der Waals surface area contributed by atoms with Gasteiger partial charge >= 0.3 is 11.9 Å². The van der Waals surface area contributed by atoms with E-state index in [2.05, 4.69) is 0 Å². The smallest absolute Gasteiger partial charge is 0.303 e. The lowest BCUT2D eigenvalue weighted by Crippen LogP contribution is -2.56. The molecule has 7 heteroatoms. The van der Waals surface area contributed by atoms with Crippen LogP contribution >= 0.6 is 0 Å². The van der Waals surface area contributed by atoms with Crippen LogP contribution in [0.3, 0.4) is 0 Å². The highest BCUT2D eigenvalue weighted by Gasteiger charge is 2.53. The second-order valence-corrected chi connectivity index (χ2v) is 4.01. The Kier molecular flexibility index (Phi) is 3.32. The molecular formula is C10H14O7. The molecule has 2 heterocycles. The number of hydrogen-bond donors (Lipinski definition) is 1. The monoisotopic (exact) mass is 246 g/mol. The van der Waals surface area contributed by atoms with Gasteiger partial charge in [-0.3, -0.25) is 9.59 Å². The van der Waals surface area contributed by atoms with Gasteiger partial charge in [-0.25, -0.2) is 0 Å². The van der Waals surface area contributed by atoms with Crippen molar-refractivity contribution in [3.63, 3.8) is 0 Å². The first kappa shape index (κ1) is 12.3. The van der Waals surface area contributed by atoms with E-state index in [4.69, 9.17) is 18.9 Å². The van der Waals surface area contributed by atoms with E-state index in [-0.39, 0.29) is 6.61 Å². The summed E-state index contributed by atoms with van der Waals surface area (Å²) in [5, 5.41) is 9.99. The van der Waals surface area contributed by atoms with E-state index in [1.807, 2.05) is 0 Å². The lowest BCUT2D eigenvalue weighted by Gasteiger charge is -2.36. The summed E-state index contributed by atoms with van der Waals surface area (Å²) in [5.41, 5.74) is 0. The highest BCUT2D eigenvalue weighted by molar-refractivity contribution is 5.67. The molecule has 2 rings (SSSR count). The molecule has 0 spiro atoms. The van der Waals surface area contributed by atoms with Crippen molar-refractivity contribution in [2.75, 3.05) is 6.61 Å². The number of aliphatic hydroxyl groups excluding tert-OH is 1. The number of aliphatic hydroxyl groups is 1. The largest absolute Gasteiger partial charge is 0.457 e. The minimum atomic E-state index is -1.14. The van der Waals surface area contributed by atoms with Gasteiger partial charge in [0.2, 0.25) is 0 Å². The van der Waals surface area contributed by atoms with Crippen LogP contribution in [0, 0.1) is 0 Å². The van der Waals surface area contributed by atoms with Gasteiger partial charge in [-0.05, 0) is 0 Å². The first-order valence-corrected chi connectivity index (χ1v) is 5.28. The van der Waals surface area contributed by atoms with Crippen LogP contribution in [0.4, 0.5) is 0 Å². The lowest BCUT2D eigenvalue weighted by molar-refractivity contribution is -0.244. The van der Waals surface area contributed by atoms with Crippen molar-refractivity contribution in [3.05, 3.63) is 0 Å². The average molecular weight is 246 g/mol. The summed E-state index contributed by atoms with van der Waals surface area (Å²) >= 11 is 0. The Morgan fingerprint density at radius 2 is 1.76 bits per heavy atom. The molecule has 2 aliphatic rings. The van der Waals surface area contributed by atoms with Gasteiger partial charge in [0.05, 0.1) is 6.61 Å². The summed E-state index contributed by atoms with van der Waals surface area (Å²) in [6.07, 6.45) is -4.32. The van der Waals surface area contributed by atoms with Gasteiger partial charge < -0.3 is 24.1 Å². The van der Waals surface area contributed by atoms with Crippen LogP contribution in [-0.2, 0) is 28.5 Å². The van der Waals surface area contributed by atoms with Crippen molar-refractivity contribution in [2.24, 2.45) is 0 Å². The number of ether oxygens (including phenoxy) is 4. The van der Waals surface area contributed by atoms with E-state index in [1.165, 1.54) is 13.8 Å². The van der Waals surface area contributed by atoms with Gasteiger partial charge in [-0.15, -0.1) is 0 Å². The van der Waals surface area contributed by atoms with E-state index in [9.17, 15) is 14.7 Å². The van der Waals surface area contributed by atoms with E-state index < -0.39 is 42.6 Å². The van der Waals surface area contributed by atoms with Gasteiger partial charge in [0.15, 0.2) is 18.5 Å². The highest BCUT2D eigenvalue weighted by Crippen LogP contribution is 2.31. The molecule has 0 saturated carbocycles. The Morgan fingerprint density at radius 3 is 2.35 bits per heavy atom. The summed E-state index contributed by atoms with van der Waals surface area (Å²) in [6, 6.07) is 0. The molecule has 0 aromatic heterocycles. The lowest BCUT2D eigenvalue weighted by atomic mass is 10.0. The number of esters is 2. The summed E-state index contributed by atoms with van der Waals surface area (Å²) in [7, 11) is 0. The molecule has 5 atom stereocenters. The normalized spacial score (nSPS) is 39.8. The Balaban J connectivity index is 2.12. The van der Waals surface area contributed by atoms with Gasteiger partial charge in [0, 0.05) is 13.8 Å². The molecule has 2 aliphatic heterocycles.